The molecule has 2 heterocycles. The SMILES string of the molecule is C(=C\C1NCc2ccccc2-n2cccc21)/c1ccccc1. The van der Waals surface area contributed by atoms with Crippen LogP contribution >= 0.6 is 0 Å². The summed E-state index contributed by atoms with van der Waals surface area (Å²) in [7, 11) is 0. The van der Waals surface area contributed by atoms with Crippen LogP contribution in [-0.2, 0) is 6.54 Å². The molecule has 0 aliphatic carbocycles. The Morgan fingerprint density at radius 2 is 1.73 bits per heavy atom. The maximum atomic E-state index is 3.64. The zero-order valence-electron chi connectivity index (χ0n) is 12.3. The third-order valence-electron chi connectivity index (χ3n) is 4.14. The standard InChI is InChI=1S/C20H18N2/c1-2-7-16(8-3-1)12-13-18-20-11-6-14-22(20)19-10-5-4-9-17(19)15-21-18/h1-14,18,21H,15H2/b13-12+. The van der Waals surface area contributed by atoms with E-state index in [-0.39, 0.29) is 6.04 Å². The van der Waals surface area contributed by atoms with Crippen molar-refractivity contribution in [3.8, 4) is 5.69 Å². The van der Waals surface area contributed by atoms with Crippen molar-refractivity contribution >= 4 is 6.08 Å². The highest BCUT2D eigenvalue weighted by Gasteiger charge is 2.18. The molecule has 1 atom stereocenters. The number of aromatic nitrogens is 1. The summed E-state index contributed by atoms with van der Waals surface area (Å²) in [5.74, 6) is 0. The van der Waals surface area contributed by atoms with E-state index < -0.39 is 0 Å². The highest BCUT2D eigenvalue weighted by Crippen LogP contribution is 2.27. The Labute approximate surface area is 130 Å². The predicted octanol–water partition coefficient (Wildman–Crippen LogP) is 4.34. The van der Waals surface area contributed by atoms with Gasteiger partial charge in [-0.25, -0.2) is 0 Å². The molecular formula is C20H18N2. The average Bonchev–Trinajstić information content (AvgIpc) is 3.00. The predicted molar refractivity (Wildman–Crippen MR) is 90.8 cm³/mol. The van der Waals surface area contributed by atoms with Crippen molar-refractivity contribution in [3.63, 3.8) is 0 Å². The largest absolute Gasteiger partial charge is 0.319 e. The van der Waals surface area contributed by atoms with Gasteiger partial charge in [-0.2, -0.15) is 0 Å². The van der Waals surface area contributed by atoms with E-state index in [4.69, 9.17) is 0 Å². The number of fused-ring (bicyclic) bond motifs is 3. The molecule has 1 unspecified atom stereocenters. The Morgan fingerprint density at radius 1 is 0.909 bits per heavy atom. The topological polar surface area (TPSA) is 17.0 Å². The van der Waals surface area contributed by atoms with Gasteiger partial charge in [-0.05, 0) is 29.3 Å². The number of hydrogen-bond donors (Lipinski definition) is 1. The van der Waals surface area contributed by atoms with Crippen LogP contribution in [0.25, 0.3) is 11.8 Å². The van der Waals surface area contributed by atoms with Gasteiger partial charge in [0.25, 0.3) is 0 Å². The van der Waals surface area contributed by atoms with E-state index in [1.807, 2.05) is 6.07 Å². The molecule has 0 saturated heterocycles. The molecule has 0 saturated carbocycles. The molecule has 2 heteroatoms. The first-order valence-corrected chi connectivity index (χ1v) is 7.64. The first-order valence-electron chi connectivity index (χ1n) is 7.64. The van der Waals surface area contributed by atoms with Crippen LogP contribution in [-0.4, -0.2) is 4.57 Å². The number of rotatable bonds is 2. The van der Waals surface area contributed by atoms with Gasteiger partial charge >= 0.3 is 0 Å². The lowest BCUT2D eigenvalue weighted by atomic mass is 10.1. The summed E-state index contributed by atoms with van der Waals surface area (Å²) in [6.45, 7) is 0.877. The fourth-order valence-electron chi connectivity index (χ4n) is 3.02. The molecule has 1 aliphatic heterocycles. The molecule has 0 amide bonds. The Kier molecular flexibility index (Phi) is 3.37. The third-order valence-corrected chi connectivity index (χ3v) is 4.14. The molecule has 2 nitrogen and oxygen atoms in total. The first-order chi connectivity index (χ1) is 10.9. The second-order valence-corrected chi connectivity index (χ2v) is 5.56. The van der Waals surface area contributed by atoms with Crippen LogP contribution in [0.15, 0.2) is 79.0 Å². The van der Waals surface area contributed by atoms with E-state index in [0.717, 1.165) is 6.54 Å². The van der Waals surface area contributed by atoms with Gasteiger partial charge in [0.2, 0.25) is 0 Å². The lowest BCUT2D eigenvalue weighted by Crippen LogP contribution is -2.17. The van der Waals surface area contributed by atoms with Crippen molar-refractivity contribution in [3.05, 3.63) is 95.8 Å². The summed E-state index contributed by atoms with van der Waals surface area (Å²) in [5, 5.41) is 3.64. The summed E-state index contributed by atoms with van der Waals surface area (Å²) in [4.78, 5) is 0. The minimum Gasteiger partial charge on any atom is -0.319 e. The minimum atomic E-state index is 0.211. The van der Waals surface area contributed by atoms with Gasteiger partial charge in [-0.1, -0.05) is 60.7 Å². The molecule has 0 radical (unpaired) electrons. The lowest BCUT2D eigenvalue weighted by Gasteiger charge is -2.13. The fraction of sp³-hybridized carbons (Fsp3) is 0.100. The smallest absolute Gasteiger partial charge is 0.0670 e. The fourth-order valence-corrected chi connectivity index (χ4v) is 3.02. The van der Waals surface area contributed by atoms with Crippen molar-refractivity contribution in [2.45, 2.75) is 12.6 Å². The highest BCUT2D eigenvalue weighted by molar-refractivity contribution is 5.52. The maximum Gasteiger partial charge on any atom is 0.0670 e. The molecule has 3 aromatic rings. The number of para-hydroxylation sites is 1. The van der Waals surface area contributed by atoms with Crippen molar-refractivity contribution in [1.29, 1.82) is 0 Å². The number of benzene rings is 2. The van der Waals surface area contributed by atoms with Gasteiger partial charge in [0.15, 0.2) is 0 Å². The minimum absolute atomic E-state index is 0.211. The van der Waals surface area contributed by atoms with Gasteiger partial charge in [0.05, 0.1) is 6.04 Å². The van der Waals surface area contributed by atoms with Crippen molar-refractivity contribution in [1.82, 2.24) is 9.88 Å². The number of nitrogens with zero attached hydrogens (tertiary/aromatic N) is 1. The van der Waals surface area contributed by atoms with E-state index in [1.54, 1.807) is 0 Å². The molecule has 0 fully saturated rings. The average molecular weight is 286 g/mol. The number of nitrogens with one attached hydrogen (secondary N) is 1. The molecule has 4 rings (SSSR count). The second kappa shape index (κ2) is 5.66. The van der Waals surface area contributed by atoms with Crippen molar-refractivity contribution < 1.29 is 0 Å². The van der Waals surface area contributed by atoms with Crippen LogP contribution in [0, 0.1) is 0 Å². The zero-order chi connectivity index (χ0) is 14.8. The van der Waals surface area contributed by atoms with Gasteiger partial charge < -0.3 is 9.88 Å². The lowest BCUT2D eigenvalue weighted by molar-refractivity contribution is 0.619. The van der Waals surface area contributed by atoms with Crippen LogP contribution in [0.4, 0.5) is 0 Å². The van der Waals surface area contributed by atoms with Crippen molar-refractivity contribution in [2.75, 3.05) is 0 Å². The summed E-state index contributed by atoms with van der Waals surface area (Å²) < 4.78 is 2.29. The van der Waals surface area contributed by atoms with Crippen LogP contribution in [0.2, 0.25) is 0 Å². The molecule has 2 aromatic carbocycles. The van der Waals surface area contributed by atoms with Gasteiger partial charge in [0.1, 0.15) is 0 Å². The molecule has 1 N–H and O–H groups in total. The molecule has 22 heavy (non-hydrogen) atoms. The quantitative estimate of drug-likeness (QED) is 0.741. The summed E-state index contributed by atoms with van der Waals surface area (Å²) >= 11 is 0. The molecule has 0 spiro atoms. The number of hydrogen-bond acceptors (Lipinski definition) is 1. The van der Waals surface area contributed by atoms with Crippen LogP contribution in [0.1, 0.15) is 22.9 Å². The van der Waals surface area contributed by atoms with E-state index in [2.05, 4.69) is 88.9 Å². The normalized spacial score (nSPS) is 17.0. The van der Waals surface area contributed by atoms with E-state index in [0.29, 0.717) is 0 Å². The molecule has 1 aromatic heterocycles. The molecule has 1 aliphatic rings. The first kappa shape index (κ1) is 13.1. The molecule has 108 valence electrons. The molecule has 0 bridgehead atoms. The van der Waals surface area contributed by atoms with E-state index in [9.17, 15) is 0 Å². The summed E-state index contributed by atoms with van der Waals surface area (Å²) in [6, 6.07) is 23.5. The Bertz CT molecular complexity index is 799. The van der Waals surface area contributed by atoms with Gasteiger partial charge in [0, 0.05) is 24.1 Å². The van der Waals surface area contributed by atoms with Crippen LogP contribution in [0.3, 0.4) is 0 Å². The van der Waals surface area contributed by atoms with E-state index in [1.165, 1.54) is 22.5 Å². The van der Waals surface area contributed by atoms with Gasteiger partial charge in [-0.3, -0.25) is 0 Å². The van der Waals surface area contributed by atoms with Crippen LogP contribution in [0.5, 0.6) is 0 Å². The Morgan fingerprint density at radius 3 is 2.64 bits per heavy atom. The zero-order valence-corrected chi connectivity index (χ0v) is 12.3. The van der Waals surface area contributed by atoms with Crippen molar-refractivity contribution in [2.24, 2.45) is 0 Å². The Hall–Kier alpha value is -2.58. The highest BCUT2D eigenvalue weighted by atomic mass is 15.1. The second-order valence-electron chi connectivity index (χ2n) is 5.56. The van der Waals surface area contributed by atoms with Gasteiger partial charge in [-0.15, -0.1) is 0 Å². The summed E-state index contributed by atoms with van der Waals surface area (Å²) in [6.07, 6.45) is 6.57. The van der Waals surface area contributed by atoms with E-state index >= 15 is 0 Å². The molecular weight excluding hydrogens is 268 g/mol. The Balaban J connectivity index is 1.71. The van der Waals surface area contributed by atoms with Crippen LogP contribution < -0.4 is 5.32 Å². The monoisotopic (exact) mass is 286 g/mol. The maximum absolute atomic E-state index is 3.64. The summed E-state index contributed by atoms with van der Waals surface area (Å²) in [5.41, 5.74) is 5.10. The third kappa shape index (κ3) is 2.38.